The lowest BCUT2D eigenvalue weighted by Gasteiger charge is -2.16. The van der Waals surface area contributed by atoms with Crippen LogP contribution in [-0.4, -0.2) is 17.1 Å². The molecule has 0 aliphatic rings. The molecule has 1 aromatic carbocycles. The molecule has 0 bridgehead atoms. The molecule has 16 heavy (non-hydrogen) atoms. The van der Waals surface area contributed by atoms with Gasteiger partial charge in [0.1, 0.15) is 11.9 Å². The lowest BCUT2D eigenvalue weighted by atomic mass is 10.2. The molecular formula is C12H10NO3-. The van der Waals surface area contributed by atoms with Crippen molar-refractivity contribution in [1.82, 2.24) is 4.98 Å². The molecule has 1 atom stereocenters. The first-order valence-electron chi connectivity index (χ1n) is 4.90. The van der Waals surface area contributed by atoms with Gasteiger partial charge in [-0.25, -0.2) is 0 Å². The molecule has 0 radical (unpaired) electrons. The average molecular weight is 216 g/mol. The molecule has 1 aromatic heterocycles. The van der Waals surface area contributed by atoms with E-state index in [4.69, 9.17) is 4.74 Å². The summed E-state index contributed by atoms with van der Waals surface area (Å²) < 4.78 is 5.29. The molecule has 4 heteroatoms. The maximum absolute atomic E-state index is 10.6. The van der Waals surface area contributed by atoms with E-state index in [0.717, 1.165) is 10.9 Å². The maximum Gasteiger partial charge on any atom is 0.135 e. The van der Waals surface area contributed by atoms with Gasteiger partial charge in [-0.05, 0) is 31.2 Å². The zero-order valence-corrected chi connectivity index (χ0v) is 8.71. The highest BCUT2D eigenvalue weighted by Gasteiger charge is 2.07. The molecule has 0 saturated carbocycles. The van der Waals surface area contributed by atoms with E-state index in [1.165, 1.54) is 6.92 Å². The van der Waals surface area contributed by atoms with Gasteiger partial charge in [0.05, 0.1) is 11.5 Å². The fourth-order valence-electron chi connectivity index (χ4n) is 1.42. The van der Waals surface area contributed by atoms with Crippen molar-refractivity contribution in [3.8, 4) is 5.75 Å². The number of ether oxygens (including phenoxy) is 1. The molecule has 0 aliphatic heterocycles. The molecule has 2 rings (SSSR count). The van der Waals surface area contributed by atoms with Crippen LogP contribution in [0.2, 0.25) is 0 Å². The summed E-state index contributed by atoms with van der Waals surface area (Å²) in [6, 6.07) is 8.93. The highest BCUT2D eigenvalue weighted by Crippen LogP contribution is 2.24. The Balaban J connectivity index is 2.41. The third kappa shape index (κ3) is 1.95. The van der Waals surface area contributed by atoms with Crippen molar-refractivity contribution < 1.29 is 14.6 Å². The SMILES string of the molecule is C[C@H](Oc1cccc2ncccc12)C(=O)[O-]. The van der Waals surface area contributed by atoms with Crippen LogP contribution in [-0.2, 0) is 4.79 Å². The van der Waals surface area contributed by atoms with Crippen molar-refractivity contribution in [1.29, 1.82) is 0 Å². The summed E-state index contributed by atoms with van der Waals surface area (Å²) in [5.74, 6) is -0.733. The molecule has 0 N–H and O–H groups in total. The number of aliphatic carboxylic acids is 1. The van der Waals surface area contributed by atoms with E-state index < -0.39 is 12.1 Å². The standard InChI is InChI=1S/C12H11NO3/c1-8(12(14)15)16-11-6-2-5-10-9(11)4-3-7-13-10/h2-8H,1H3,(H,14,15)/p-1/t8-/m0/s1. The van der Waals surface area contributed by atoms with E-state index in [2.05, 4.69) is 4.98 Å². The van der Waals surface area contributed by atoms with Gasteiger partial charge in [-0.3, -0.25) is 4.98 Å². The molecule has 0 fully saturated rings. The van der Waals surface area contributed by atoms with Crippen molar-refractivity contribution in [3.63, 3.8) is 0 Å². The van der Waals surface area contributed by atoms with Crippen molar-refractivity contribution in [2.45, 2.75) is 13.0 Å². The van der Waals surface area contributed by atoms with Gasteiger partial charge in [0, 0.05) is 11.6 Å². The number of nitrogens with zero attached hydrogens (tertiary/aromatic N) is 1. The van der Waals surface area contributed by atoms with E-state index >= 15 is 0 Å². The Morgan fingerprint density at radius 1 is 1.38 bits per heavy atom. The van der Waals surface area contributed by atoms with E-state index in [1.807, 2.05) is 12.1 Å². The highest BCUT2D eigenvalue weighted by atomic mass is 16.5. The van der Waals surface area contributed by atoms with Gasteiger partial charge in [-0.15, -0.1) is 0 Å². The number of fused-ring (bicyclic) bond motifs is 1. The molecule has 1 heterocycles. The average Bonchev–Trinajstić information content (AvgIpc) is 2.29. The van der Waals surface area contributed by atoms with E-state index in [9.17, 15) is 9.90 Å². The third-order valence-corrected chi connectivity index (χ3v) is 2.24. The largest absolute Gasteiger partial charge is 0.546 e. The highest BCUT2D eigenvalue weighted by molar-refractivity contribution is 5.85. The first-order valence-corrected chi connectivity index (χ1v) is 4.90. The summed E-state index contributed by atoms with van der Waals surface area (Å²) in [5.41, 5.74) is 0.769. The summed E-state index contributed by atoms with van der Waals surface area (Å²) in [4.78, 5) is 14.7. The Morgan fingerprint density at radius 2 is 2.19 bits per heavy atom. The van der Waals surface area contributed by atoms with Gasteiger partial charge in [0.25, 0.3) is 0 Å². The van der Waals surface area contributed by atoms with Crippen LogP contribution in [0.25, 0.3) is 10.9 Å². The fourth-order valence-corrected chi connectivity index (χ4v) is 1.42. The van der Waals surface area contributed by atoms with Crippen LogP contribution in [0, 0.1) is 0 Å². The van der Waals surface area contributed by atoms with Crippen LogP contribution >= 0.6 is 0 Å². The number of carbonyl (C=O) groups is 1. The minimum atomic E-state index is -1.24. The molecule has 0 amide bonds. The van der Waals surface area contributed by atoms with Crippen molar-refractivity contribution >= 4 is 16.9 Å². The Kier molecular flexibility index (Phi) is 2.72. The lowest BCUT2D eigenvalue weighted by Crippen LogP contribution is -2.37. The van der Waals surface area contributed by atoms with Gasteiger partial charge in [-0.1, -0.05) is 6.07 Å². The number of aromatic nitrogens is 1. The second-order valence-corrected chi connectivity index (χ2v) is 3.41. The number of rotatable bonds is 3. The Bertz CT molecular complexity index is 519. The molecule has 0 saturated heterocycles. The minimum absolute atomic E-state index is 0.502. The first kappa shape index (κ1) is 10.4. The summed E-state index contributed by atoms with van der Waals surface area (Å²) in [5, 5.41) is 11.4. The molecule has 82 valence electrons. The fraction of sp³-hybridized carbons (Fsp3) is 0.167. The molecule has 0 aliphatic carbocycles. The normalized spacial score (nSPS) is 12.3. The van der Waals surface area contributed by atoms with Gasteiger partial charge in [0.15, 0.2) is 0 Å². The van der Waals surface area contributed by atoms with Crippen molar-refractivity contribution in [2.24, 2.45) is 0 Å². The number of benzene rings is 1. The second kappa shape index (κ2) is 4.18. The van der Waals surface area contributed by atoms with Gasteiger partial charge >= 0.3 is 0 Å². The summed E-state index contributed by atoms with van der Waals surface area (Å²) >= 11 is 0. The first-order chi connectivity index (χ1) is 7.68. The molecular weight excluding hydrogens is 206 g/mol. The van der Waals surface area contributed by atoms with Crippen LogP contribution in [0.1, 0.15) is 6.92 Å². The number of carbonyl (C=O) groups excluding carboxylic acids is 1. The van der Waals surface area contributed by atoms with Gasteiger partial charge < -0.3 is 14.6 Å². The van der Waals surface area contributed by atoms with Crippen LogP contribution < -0.4 is 9.84 Å². The smallest absolute Gasteiger partial charge is 0.135 e. The quantitative estimate of drug-likeness (QED) is 0.759. The molecule has 2 aromatic rings. The monoisotopic (exact) mass is 216 g/mol. The number of carboxylic acid groups (broad SMARTS) is 1. The van der Waals surface area contributed by atoms with E-state index in [-0.39, 0.29) is 0 Å². The number of hydrogen-bond acceptors (Lipinski definition) is 4. The third-order valence-electron chi connectivity index (χ3n) is 2.24. The summed E-state index contributed by atoms with van der Waals surface area (Å²) in [7, 11) is 0. The Labute approximate surface area is 92.5 Å². The number of hydrogen-bond donors (Lipinski definition) is 0. The number of carboxylic acids is 1. The van der Waals surface area contributed by atoms with Crippen LogP contribution in [0.3, 0.4) is 0 Å². The van der Waals surface area contributed by atoms with Crippen molar-refractivity contribution in [3.05, 3.63) is 36.5 Å². The second-order valence-electron chi connectivity index (χ2n) is 3.41. The van der Waals surface area contributed by atoms with Gasteiger partial charge in [0.2, 0.25) is 0 Å². The Morgan fingerprint density at radius 3 is 2.94 bits per heavy atom. The molecule has 0 unspecified atom stereocenters. The summed E-state index contributed by atoms with van der Waals surface area (Å²) in [6.45, 7) is 1.44. The predicted molar refractivity (Wildman–Crippen MR) is 56.8 cm³/mol. The Hall–Kier alpha value is -2.10. The van der Waals surface area contributed by atoms with E-state index in [1.54, 1.807) is 24.4 Å². The lowest BCUT2D eigenvalue weighted by molar-refractivity contribution is -0.312. The zero-order valence-electron chi connectivity index (χ0n) is 8.71. The minimum Gasteiger partial charge on any atom is -0.546 e. The topological polar surface area (TPSA) is 62.2 Å². The maximum atomic E-state index is 10.6. The molecule has 0 spiro atoms. The predicted octanol–water partition coefficient (Wildman–Crippen LogP) is 0.752. The van der Waals surface area contributed by atoms with Crippen LogP contribution in [0.5, 0.6) is 5.75 Å². The van der Waals surface area contributed by atoms with E-state index in [0.29, 0.717) is 5.75 Å². The zero-order chi connectivity index (χ0) is 11.5. The van der Waals surface area contributed by atoms with Crippen molar-refractivity contribution in [2.75, 3.05) is 0 Å². The van der Waals surface area contributed by atoms with Crippen LogP contribution in [0.15, 0.2) is 36.5 Å². The molecule has 4 nitrogen and oxygen atoms in total. The summed E-state index contributed by atoms with van der Waals surface area (Å²) in [6.07, 6.45) is 0.694. The number of pyridine rings is 1. The van der Waals surface area contributed by atoms with Crippen LogP contribution in [0.4, 0.5) is 0 Å². The van der Waals surface area contributed by atoms with Gasteiger partial charge in [-0.2, -0.15) is 0 Å².